The number of carbonyl (C=O) groups excluding carboxylic acids is 1. The van der Waals surface area contributed by atoms with Crippen LogP contribution in [0.15, 0.2) is 53.4 Å². The highest BCUT2D eigenvalue weighted by Crippen LogP contribution is 2.19. The van der Waals surface area contributed by atoms with Crippen LogP contribution < -0.4 is 4.74 Å². The van der Waals surface area contributed by atoms with Crippen molar-refractivity contribution < 1.29 is 22.7 Å². The minimum Gasteiger partial charge on any atom is -0.423 e. The summed E-state index contributed by atoms with van der Waals surface area (Å²) < 4.78 is 37.0. The van der Waals surface area contributed by atoms with Crippen molar-refractivity contribution in [2.24, 2.45) is 0 Å². The van der Waals surface area contributed by atoms with E-state index in [9.17, 15) is 13.2 Å². The first-order valence-corrected chi connectivity index (χ1v) is 9.94. The maximum Gasteiger partial charge on any atom is 0.343 e. The van der Waals surface area contributed by atoms with Gasteiger partial charge in [0.05, 0.1) is 23.7 Å². The molecule has 0 spiro atoms. The van der Waals surface area contributed by atoms with E-state index in [2.05, 4.69) is 0 Å². The zero-order valence-electron chi connectivity index (χ0n) is 14.6. The smallest absolute Gasteiger partial charge is 0.343 e. The van der Waals surface area contributed by atoms with Crippen molar-refractivity contribution >= 4 is 16.0 Å². The summed E-state index contributed by atoms with van der Waals surface area (Å²) in [4.78, 5) is 12.4. The summed E-state index contributed by atoms with van der Waals surface area (Å²) in [6.07, 6.45) is 0.910. The van der Waals surface area contributed by atoms with E-state index < -0.39 is 16.0 Å². The number of carbonyl (C=O) groups is 1. The highest BCUT2D eigenvalue weighted by atomic mass is 32.2. The lowest BCUT2D eigenvalue weighted by Gasteiger charge is -2.26. The van der Waals surface area contributed by atoms with Gasteiger partial charge in [-0.15, -0.1) is 0 Å². The van der Waals surface area contributed by atoms with Gasteiger partial charge in [0.25, 0.3) is 0 Å². The van der Waals surface area contributed by atoms with Crippen LogP contribution in [0.2, 0.25) is 0 Å². The van der Waals surface area contributed by atoms with E-state index in [1.54, 1.807) is 12.1 Å². The molecule has 1 heterocycles. The average molecular weight is 375 g/mol. The predicted molar refractivity (Wildman–Crippen MR) is 96.8 cm³/mol. The van der Waals surface area contributed by atoms with Gasteiger partial charge >= 0.3 is 5.97 Å². The number of benzene rings is 2. The molecule has 1 aliphatic rings. The first kappa shape index (κ1) is 18.6. The van der Waals surface area contributed by atoms with E-state index in [4.69, 9.17) is 9.47 Å². The number of aryl methyl sites for hydroxylation is 1. The number of morpholine rings is 1. The van der Waals surface area contributed by atoms with Crippen LogP contribution in [-0.4, -0.2) is 45.0 Å². The molecule has 2 aromatic rings. The lowest BCUT2D eigenvalue weighted by molar-refractivity contribution is 0.0730. The normalized spacial score (nSPS) is 15.6. The zero-order valence-corrected chi connectivity index (χ0v) is 15.4. The number of nitrogens with zero attached hydrogens (tertiary/aromatic N) is 1. The molecule has 6 nitrogen and oxygen atoms in total. The van der Waals surface area contributed by atoms with Crippen LogP contribution in [0, 0.1) is 0 Å². The molecule has 1 saturated heterocycles. The Morgan fingerprint density at radius 3 is 2.23 bits per heavy atom. The molecule has 1 aliphatic heterocycles. The van der Waals surface area contributed by atoms with Crippen molar-refractivity contribution in [3.05, 3.63) is 59.7 Å². The molecule has 0 N–H and O–H groups in total. The van der Waals surface area contributed by atoms with Gasteiger partial charge in [-0.3, -0.25) is 0 Å². The summed E-state index contributed by atoms with van der Waals surface area (Å²) in [6.45, 7) is 3.49. The van der Waals surface area contributed by atoms with Gasteiger partial charge in [0.2, 0.25) is 10.0 Å². The monoisotopic (exact) mass is 375 g/mol. The lowest BCUT2D eigenvalue weighted by atomic mass is 10.2. The average Bonchev–Trinajstić information content (AvgIpc) is 2.69. The molecule has 2 aromatic carbocycles. The van der Waals surface area contributed by atoms with E-state index in [0.29, 0.717) is 37.6 Å². The quantitative estimate of drug-likeness (QED) is 0.593. The Morgan fingerprint density at radius 1 is 1.04 bits per heavy atom. The van der Waals surface area contributed by atoms with Gasteiger partial charge in [0, 0.05) is 13.1 Å². The first-order valence-electron chi connectivity index (χ1n) is 8.50. The zero-order chi connectivity index (χ0) is 18.6. The molecule has 26 heavy (non-hydrogen) atoms. The Balaban J connectivity index is 1.70. The topological polar surface area (TPSA) is 72.9 Å². The second-order valence-electron chi connectivity index (χ2n) is 5.93. The molecular weight excluding hydrogens is 354 g/mol. The molecule has 0 radical (unpaired) electrons. The Bertz CT molecular complexity index is 854. The fourth-order valence-corrected chi connectivity index (χ4v) is 4.07. The summed E-state index contributed by atoms with van der Waals surface area (Å²) in [5.41, 5.74) is 1.45. The summed E-state index contributed by atoms with van der Waals surface area (Å²) in [5, 5.41) is 0. The third-order valence-corrected chi connectivity index (χ3v) is 6.15. The molecule has 138 valence electrons. The van der Waals surface area contributed by atoms with Crippen molar-refractivity contribution in [1.29, 1.82) is 0 Å². The van der Waals surface area contributed by atoms with Gasteiger partial charge in [0.15, 0.2) is 0 Å². The Morgan fingerprint density at radius 2 is 1.65 bits per heavy atom. The standard InChI is InChI=1S/C19H21NO5S/c1-2-15-3-7-17(8-4-15)25-19(21)16-5-9-18(10-6-16)26(22,23)20-11-13-24-14-12-20/h3-10H,2,11-14H2,1H3. The van der Waals surface area contributed by atoms with Gasteiger partial charge < -0.3 is 9.47 Å². The maximum absolute atomic E-state index is 12.6. The van der Waals surface area contributed by atoms with Crippen molar-refractivity contribution in [3.63, 3.8) is 0 Å². The molecule has 3 rings (SSSR count). The van der Waals surface area contributed by atoms with Crippen molar-refractivity contribution in [2.75, 3.05) is 26.3 Å². The van der Waals surface area contributed by atoms with Gasteiger partial charge in [0.1, 0.15) is 5.75 Å². The minimum absolute atomic E-state index is 0.156. The highest BCUT2D eigenvalue weighted by Gasteiger charge is 2.26. The first-order chi connectivity index (χ1) is 12.5. The van der Waals surface area contributed by atoms with E-state index in [-0.39, 0.29) is 4.90 Å². The number of sulfonamides is 1. The van der Waals surface area contributed by atoms with Gasteiger partial charge in [-0.2, -0.15) is 4.31 Å². The second-order valence-corrected chi connectivity index (χ2v) is 7.87. The van der Waals surface area contributed by atoms with Crippen molar-refractivity contribution in [3.8, 4) is 5.75 Å². The summed E-state index contributed by atoms with van der Waals surface area (Å²) in [5.74, 6) is -0.0678. The molecule has 0 atom stereocenters. The molecular formula is C19H21NO5S. The van der Waals surface area contributed by atoms with Crippen LogP contribution in [-0.2, 0) is 21.2 Å². The molecule has 0 aromatic heterocycles. The third kappa shape index (κ3) is 4.12. The number of hydrogen-bond acceptors (Lipinski definition) is 5. The molecule has 0 saturated carbocycles. The third-order valence-electron chi connectivity index (χ3n) is 4.24. The van der Waals surface area contributed by atoms with Crippen molar-refractivity contribution in [1.82, 2.24) is 4.31 Å². The number of hydrogen-bond donors (Lipinski definition) is 0. The van der Waals surface area contributed by atoms with Gasteiger partial charge in [-0.05, 0) is 48.4 Å². The highest BCUT2D eigenvalue weighted by molar-refractivity contribution is 7.89. The number of esters is 1. The van der Waals surface area contributed by atoms with E-state index >= 15 is 0 Å². The van der Waals surface area contributed by atoms with Crippen LogP contribution in [0.5, 0.6) is 5.75 Å². The largest absolute Gasteiger partial charge is 0.423 e. The van der Waals surface area contributed by atoms with E-state index in [0.717, 1.165) is 12.0 Å². The van der Waals surface area contributed by atoms with Crippen LogP contribution in [0.4, 0.5) is 0 Å². The Kier molecular flexibility index (Phi) is 5.70. The molecule has 0 aliphatic carbocycles. The fourth-order valence-electron chi connectivity index (χ4n) is 2.66. The lowest BCUT2D eigenvalue weighted by Crippen LogP contribution is -2.40. The molecule has 0 amide bonds. The Hall–Kier alpha value is -2.22. The Labute approximate surface area is 153 Å². The summed E-state index contributed by atoms with van der Waals surface area (Å²) >= 11 is 0. The van der Waals surface area contributed by atoms with Gasteiger partial charge in [-0.25, -0.2) is 13.2 Å². The number of ether oxygens (including phenoxy) is 2. The number of rotatable bonds is 5. The van der Waals surface area contributed by atoms with Crippen LogP contribution in [0.1, 0.15) is 22.8 Å². The minimum atomic E-state index is -3.57. The van der Waals surface area contributed by atoms with Crippen LogP contribution >= 0.6 is 0 Å². The fraction of sp³-hybridized carbons (Fsp3) is 0.316. The van der Waals surface area contributed by atoms with Crippen molar-refractivity contribution in [2.45, 2.75) is 18.2 Å². The maximum atomic E-state index is 12.6. The predicted octanol–water partition coefficient (Wildman–Crippen LogP) is 2.49. The molecule has 0 bridgehead atoms. The molecule has 1 fully saturated rings. The SMILES string of the molecule is CCc1ccc(OC(=O)c2ccc(S(=O)(=O)N3CCOCC3)cc2)cc1. The summed E-state index contributed by atoms with van der Waals surface area (Å²) in [6, 6.07) is 13.1. The van der Waals surface area contributed by atoms with E-state index in [1.807, 2.05) is 19.1 Å². The van der Waals surface area contributed by atoms with E-state index in [1.165, 1.54) is 28.6 Å². The van der Waals surface area contributed by atoms with Crippen LogP contribution in [0.3, 0.4) is 0 Å². The van der Waals surface area contributed by atoms with Crippen LogP contribution in [0.25, 0.3) is 0 Å². The summed E-state index contributed by atoms with van der Waals surface area (Å²) in [7, 11) is -3.57. The second kappa shape index (κ2) is 7.99. The molecule has 7 heteroatoms. The van der Waals surface area contributed by atoms with Gasteiger partial charge in [-0.1, -0.05) is 19.1 Å². The molecule has 0 unspecified atom stereocenters.